The number of hydrogen-bond donors (Lipinski definition) is 1. The third-order valence-corrected chi connectivity index (χ3v) is 7.98. The number of hydrogen-bond acceptors (Lipinski definition) is 4. The Bertz CT molecular complexity index is 916. The third-order valence-electron chi connectivity index (χ3n) is 5.98. The Morgan fingerprint density at radius 1 is 1.10 bits per heavy atom. The summed E-state index contributed by atoms with van der Waals surface area (Å²) in [4.78, 5) is 14.0. The van der Waals surface area contributed by atoms with Crippen molar-refractivity contribution in [1.82, 2.24) is 9.21 Å². The van der Waals surface area contributed by atoms with Gasteiger partial charge in [0.05, 0.1) is 16.5 Å². The van der Waals surface area contributed by atoms with Gasteiger partial charge < -0.3 is 10.6 Å². The molecule has 6 nitrogen and oxygen atoms in total. The first kappa shape index (κ1) is 24.0. The van der Waals surface area contributed by atoms with Crippen LogP contribution in [0.3, 0.4) is 0 Å². The minimum atomic E-state index is -4.62. The lowest BCUT2D eigenvalue weighted by molar-refractivity contribution is -0.138. The van der Waals surface area contributed by atoms with E-state index < -0.39 is 27.8 Å². The molecule has 0 radical (unpaired) electrons. The molecule has 1 aliphatic heterocycles. The molecular weight excluding hydrogens is 431 g/mol. The minimum Gasteiger partial charge on any atom is -0.341 e. The fourth-order valence-corrected chi connectivity index (χ4v) is 5.86. The zero-order chi connectivity index (χ0) is 23.2. The number of halogens is 3. The molecule has 1 aromatic rings. The number of carbonyl (C=O) groups is 1. The van der Waals surface area contributed by atoms with Crippen molar-refractivity contribution in [3.8, 4) is 0 Å². The molecule has 0 aromatic heterocycles. The van der Waals surface area contributed by atoms with E-state index in [1.54, 1.807) is 4.90 Å². The summed E-state index contributed by atoms with van der Waals surface area (Å²) in [5.41, 5.74) is 4.71. The van der Waals surface area contributed by atoms with E-state index >= 15 is 0 Å². The van der Waals surface area contributed by atoms with Crippen LogP contribution in [0.25, 0.3) is 0 Å². The molecule has 1 heterocycles. The molecule has 1 atom stereocenters. The zero-order valence-electron chi connectivity index (χ0n) is 18.0. The van der Waals surface area contributed by atoms with Crippen molar-refractivity contribution < 1.29 is 26.4 Å². The number of carbonyl (C=O) groups excluding carboxylic acids is 1. The number of nitrogens with two attached hydrogens (primary N) is 1. The van der Waals surface area contributed by atoms with E-state index in [-0.39, 0.29) is 28.3 Å². The van der Waals surface area contributed by atoms with E-state index in [1.165, 1.54) is 10.4 Å². The largest absolute Gasteiger partial charge is 0.416 e. The van der Waals surface area contributed by atoms with E-state index in [4.69, 9.17) is 5.73 Å². The Hall–Kier alpha value is -1.65. The quantitative estimate of drug-likeness (QED) is 0.730. The van der Waals surface area contributed by atoms with E-state index in [0.29, 0.717) is 44.8 Å². The van der Waals surface area contributed by atoms with Crippen LogP contribution in [0.15, 0.2) is 29.2 Å². The van der Waals surface area contributed by atoms with Gasteiger partial charge in [0.2, 0.25) is 15.9 Å². The first-order valence-corrected chi connectivity index (χ1v) is 11.9. The molecule has 1 saturated carbocycles. The number of nitrogens with zero attached hydrogens (tertiary/aromatic N) is 2. The van der Waals surface area contributed by atoms with Gasteiger partial charge in [-0.3, -0.25) is 4.79 Å². The predicted molar refractivity (Wildman–Crippen MR) is 111 cm³/mol. The second-order valence-corrected chi connectivity index (χ2v) is 11.3. The van der Waals surface area contributed by atoms with Gasteiger partial charge in [-0.25, -0.2) is 8.42 Å². The summed E-state index contributed by atoms with van der Waals surface area (Å²) >= 11 is 0. The van der Waals surface area contributed by atoms with Gasteiger partial charge in [0, 0.05) is 25.2 Å². The topological polar surface area (TPSA) is 83.7 Å². The lowest BCUT2D eigenvalue weighted by atomic mass is 9.86. The van der Waals surface area contributed by atoms with Crippen LogP contribution in [0.1, 0.15) is 52.0 Å². The fraction of sp³-hybridized carbons (Fsp3) is 0.667. The van der Waals surface area contributed by atoms with Gasteiger partial charge in [-0.05, 0) is 49.3 Å². The van der Waals surface area contributed by atoms with Gasteiger partial charge in [-0.2, -0.15) is 17.5 Å². The number of rotatable bonds is 5. The molecule has 2 N–H and O–H groups in total. The number of amides is 1. The predicted octanol–water partition coefficient (Wildman–Crippen LogP) is 3.22. The van der Waals surface area contributed by atoms with Crippen molar-refractivity contribution in [3.63, 3.8) is 0 Å². The minimum absolute atomic E-state index is 0.162. The van der Waals surface area contributed by atoms with Crippen LogP contribution >= 0.6 is 0 Å². The second kappa shape index (κ2) is 8.37. The Morgan fingerprint density at radius 2 is 1.65 bits per heavy atom. The first-order chi connectivity index (χ1) is 14.2. The Kier molecular flexibility index (Phi) is 6.48. The summed E-state index contributed by atoms with van der Waals surface area (Å²) in [6.45, 7) is 6.40. The fourth-order valence-electron chi connectivity index (χ4n) is 3.88. The number of sulfonamides is 1. The third kappa shape index (κ3) is 5.23. The number of piperidine rings is 1. The van der Waals surface area contributed by atoms with Crippen molar-refractivity contribution >= 4 is 15.9 Å². The monoisotopic (exact) mass is 461 g/mol. The van der Waals surface area contributed by atoms with Gasteiger partial charge in [0.25, 0.3) is 0 Å². The molecule has 1 saturated heterocycles. The highest BCUT2D eigenvalue weighted by molar-refractivity contribution is 7.89. The molecule has 31 heavy (non-hydrogen) atoms. The van der Waals surface area contributed by atoms with Crippen LogP contribution < -0.4 is 5.73 Å². The van der Waals surface area contributed by atoms with Crippen LogP contribution in [0, 0.1) is 5.41 Å². The smallest absolute Gasteiger partial charge is 0.341 e. The number of benzene rings is 1. The van der Waals surface area contributed by atoms with Crippen LogP contribution in [-0.2, 0) is 21.0 Å². The maximum atomic E-state index is 13.3. The summed E-state index contributed by atoms with van der Waals surface area (Å²) in [5, 5.41) is 0. The standard InChI is InChI=1S/C21H30F3N3O3S/c1-20(2,3)18(25)19(28)26-11-9-16(10-12-26)27(15-7-8-15)31(29,30)17-6-4-5-14(13-17)21(22,23)24/h4-6,13,15-16,18H,7-12,25H2,1-3H3. The average molecular weight is 462 g/mol. The van der Waals surface area contributed by atoms with Crippen molar-refractivity contribution in [1.29, 1.82) is 0 Å². The molecule has 2 aliphatic rings. The van der Waals surface area contributed by atoms with Gasteiger partial charge in [0.15, 0.2) is 0 Å². The molecule has 10 heteroatoms. The van der Waals surface area contributed by atoms with E-state index in [9.17, 15) is 26.4 Å². The molecule has 1 aromatic carbocycles. The van der Waals surface area contributed by atoms with Crippen molar-refractivity contribution in [2.24, 2.45) is 11.1 Å². The molecule has 3 rings (SSSR count). The Morgan fingerprint density at radius 3 is 2.13 bits per heavy atom. The maximum absolute atomic E-state index is 13.3. The van der Waals surface area contributed by atoms with Crippen LogP contribution in [-0.4, -0.2) is 54.7 Å². The molecule has 0 bridgehead atoms. The highest BCUT2D eigenvalue weighted by atomic mass is 32.2. The SMILES string of the molecule is CC(C)(C)C(N)C(=O)N1CCC(N(C2CC2)S(=O)(=O)c2cccc(C(F)(F)F)c2)CC1. The Labute approximate surface area is 181 Å². The summed E-state index contributed by atoms with van der Waals surface area (Å²) in [7, 11) is -4.09. The number of likely N-dealkylation sites (tertiary alicyclic amines) is 1. The van der Waals surface area contributed by atoms with E-state index in [2.05, 4.69) is 0 Å². The van der Waals surface area contributed by atoms with Crippen molar-refractivity contribution in [2.75, 3.05) is 13.1 Å². The van der Waals surface area contributed by atoms with Crippen molar-refractivity contribution in [3.05, 3.63) is 29.8 Å². The molecule has 1 aliphatic carbocycles. The van der Waals surface area contributed by atoms with Gasteiger partial charge >= 0.3 is 6.18 Å². The van der Waals surface area contributed by atoms with Crippen LogP contribution in [0.2, 0.25) is 0 Å². The first-order valence-electron chi connectivity index (χ1n) is 10.5. The van der Waals surface area contributed by atoms with E-state index in [0.717, 1.165) is 12.1 Å². The molecule has 1 unspecified atom stereocenters. The zero-order valence-corrected chi connectivity index (χ0v) is 18.8. The summed E-state index contributed by atoms with van der Waals surface area (Å²) in [6.07, 6.45) is -2.39. The van der Waals surface area contributed by atoms with Crippen molar-refractivity contribution in [2.45, 2.75) is 75.7 Å². The highest BCUT2D eigenvalue weighted by Gasteiger charge is 2.45. The van der Waals surface area contributed by atoms with Gasteiger partial charge in [-0.15, -0.1) is 0 Å². The molecule has 174 valence electrons. The molecule has 2 fully saturated rings. The van der Waals surface area contributed by atoms with Gasteiger partial charge in [-0.1, -0.05) is 26.8 Å². The average Bonchev–Trinajstić information content (AvgIpc) is 3.51. The normalized spacial score (nSPS) is 20.2. The summed E-state index contributed by atoms with van der Waals surface area (Å²) < 4.78 is 67.3. The van der Waals surface area contributed by atoms with Gasteiger partial charge in [0.1, 0.15) is 0 Å². The maximum Gasteiger partial charge on any atom is 0.416 e. The van der Waals surface area contributed by atoms with Crippen LogP contribution in [0.5, 0.6) is 0 Å². The summed E-state index contributed by atoms with van der Waals surface area (Å²) in [6, 6.07) is 2.68. The summed E-state index contributed by atoms with van der Waals surface area (Å²) in [5.74, 6) is -0.162. The van der Waals surface area contributed by atoms with Crippen LogP contribution in [0.4, 0.5) is 13.2 Å². The highest BCUT2D eigenvalue weighted by Crippen LogP contribution is 2.38. The molecular formula is C21H30F3N3O3S. The lowest BCUT2D eigenvalue weighted by Crippen LogP contribution is -2.55. The molecule has 1 amide bonds. The lowest BCUT2D eigenvalue weighted by Gasteiger charge is -2.40. The Balaban J connectivity index is 1.78. The molecule has 0 spiro atoms. The van der Waals surface area contributed by atoms with E-state index in [1.807, 2.05) is 20.8 Å². The number of alkyl halides is 3. The second-order valence-electron chi connectivity index (χ2n) is 9.49.